The number of nitrogens with zero attached hydrogens (tertiary/aromatic N) is 3. The van der Waals surface area contributed by atoms with Crippen LogP contribution in [0.15, 0.2) is 23.4 Å². The van der Waals surface area contributed by atoms with Crippen molar-refractivity contribution in [1.29, 1.82) is 0 Å². The molecule has 1 aliphatic heterocycles. The number of carbonyl (C=O) groups is 1. The van der Waals surface area contributed by atoms with Crippen LogP contribution in [0.3, 0.4) is 0 Å². The molecule has 0 saturated carbocycles. The number of rotatable bonds is 3. The lowest BCUT2D eigenvalue weighted by Crippen LogP contribution is -2.42. The van der Waals surface area contributed by atoms with E-state index in [-0.39, 0.29) is 11.8 Å². The number of imidazole rings is 1. The maximum Gasteiger partial charge on any atom is 0.410 e. The highest BCUT2D eigenvalue weighted by Crippen LogP contribution is 2.31. The Balaban J connectivity index is 1.58. The van der Waals surface area contributed by atoms with Crippen LogP contribution in [0.5, 0.6) is 0 Å². The summed E-state index contributed by atoms with van der Waals surface area (Å²) in [6.45, 7) is 6.88. The van der Waals surface area contributed by atoms with Gasteiger partial charge in [0.25, 0.3) is 5.69 Å². The van der Waals surface area contributed by atoms with Crippen LogP contribution in [0.25, 0.3) is 11.0 Å². The summed E-state index contributed by atoms with van der Waals surface area (Å²) < 4.78 is 5.41. The molecule has 140 valence electrons. The average Bonchev–Trinajstić information content (AvgIpc) is 2.95. The molecule has 0 spiro atoms. The van der Waals surface area contributed by atoms with E-state index in [2.05, 4.69) is 9.97 Å². The van der Waals surface area contributed by atoms with Crippen LogP contribution in [0.4, 0.5) is 10.5 Å². The number of amides is 1. The summed E-state index contributed by atoms with van der Waals surface area (Å²) in [6.07, 6.45) is 1.43. The Kier molecular flexibility index (Phi) is 5.08. The first-order chi connectivity index (χ1) is 12.2. The molecule has 3 rings (SSSR count). The van der Waals surface area contributed by atoms with Crippen LogP contribution < -0.4 is 0 Å². The quantitative estimate of drug-likeness (QED) is 0.641. The van der Waals surface area contributed by atoms with Gasteiger partial charge in [-0.25, -0.2) is 9.78 Å². The second kappa shape index (κ2) is 7.14. The van der Waals surface area contributed by atoms with Crippen LogP contribution in [0.2, 0.25) is 0 Å². The molecule has 1 aliphatic rings. The number of non-ortho nitro benzene ring substituents is 1. The summed E-state index contributed by atoms with van der Waals surface area (Å²) in [5, 5.41) is 11.9. The molecule has 26 heavy (non-hydrogen) atoms. The van der Waals surface area contributed by atoms with Gasteiger partial charge in [-0.3, -0.25) is 10.1 Å². The van der Waals surface area contributed by atoms with Crippen LogP contribution in [-0.4, -0.2) is 49.8 Å². The first kappa shape index (κ1) is 18.5. The molecule has 1 aromatic heterocycles. The van der Waals surface area contributed by atoms with Crippen molar-refractivity contribution in [3.8, 4) is 0 Å². The van der Waals surface area contributed by atoms with Crippen LogP contribution >= 0.6 is 11.8 Å². The van der Waals surface area contributed by atoms with Gasteiger partial charge < -0.3 is 14.6 Å². The Bertz CT molecular complexity index is 822. The lowest BCUT2D eigenvalue weighted by molar-refractivity contribution is -0.384. The van der Waals surface area contributed by atoms with Gasteiger partial charge in [-0.15, -0.1) is 0 Å². The number of nitro benzene ring substituents is 1. The molecule has 1 amide bonds. The fraction of sp³-hybridized carbons (Fsp3) is 0.529. The van der Waals surface area contributed by atoms with Crippen molar-refractivity contribution in [3.05, 3.63) is 28.3 Å². The second-order valence-corrected chi connectivity index (χ2v) is 8.57. The smallest absolute Gasteiger partial charge is 0.410 e. The molecule has 9 heteroatoms. The molecular weight excluding hydrogens is 356 g/mol. The number of benzene rings is 1. The minimum atomic E-state index is -0.487. The average molecular weight is 378 g/mol. The Morgan fingerprint density at radius 1 is 1.38 bits per heavy atom. The maximum absolute atomic E-state index is 12.1. The third kappa shape index (κ3) is 4.46. The van der Waals surface area contributed by atoms with Crippen molar-refractivity contribution < 1.29 is 14.5 Å². The molecule has 0 unspecified atom stereocenters. The van der Waals surface area contributed by atoms with Crippen molar-refractivity contribution >= 4 is 34.6 Å². The van der Waals surface area contributed by atoms with Crippen molar-refractivity contribution in [3.63, 3.8) is 0 Å². The Morgan fingerprint density at radius 2 is 2.08 bits per heavy atom. The zero-order valence-electron chi connectivity index (χ0n) is 15.0. The van der Waals surface area contributed by atoms with E-state index in [1.54, 1.807) is 22.7 Å². The number of ether oxygens (including phenoxy) is 1. The number of thioether (sulfide) groups is 1. The number of hydrogen-bond donors (Lipinski definition) is 1. The van der Waals surface area contributed by atoms with E-state index in [1.807, 2.05) is 20.8 Å². The van der Waals surface area contributed by atoms with Gasteiger partial charge in [-0.05, 0) is 39.7 Å². The fourth-order valence-corrected chi connectivity index (χ4v) is 3.87. The Hall–Kier alpha value is -2.29. The van der Waals surface area contributed by atoms with E-state index >= 15 is 0 Å². The van der Waals surface area contributed by atoms with Crippen molar-refractivity contribution in [2.75, 3.05) is 13.1 Å². The highest BCUT2D eigenvalue weighted by atomic mass is 32.2. The number of aromatic nitrogens is 2. The highest BCUT2D eigenvalue weighted by molar-refractivity contribution is 7.99. The van der Waals surface area contributed by atoms with Gasteiger partial charge in [0.1, 0.15) is 5.60 Å². The van der Waals surface area contributed by atoms with E-state index in [0.717, 1.165) is 18.0 Å². The molecule has 2 heterocycles. The van der Waals surface area contributed by atoms with Gasteiger partial charge >= 0.3 is 6.09 Å². The monoisotopic (exact) mass is 378 g/mol. The number of hydrogen-bond acceptors (Lipinski definition) is 6. The third-order valence-corrected chi connectivity index (χ3v) is 5.25. The maximum atomic E-state index is 12.1. The number of likely N-dealkylation sites (tertiary alicyclic amines) is 1. The molecule has 8 nitrogen and oxygen atoms in total. The molecule has 0 radical (unpaired) electrons. The number of nitrogens with one attached hydrogen (secondary N) is 1. The fourth-order valence-electron chi connectivity index (χ4n) is 2.78. The summed E-state index contributed by atoms with van der Waals surface area (Å²) in [4.78, 5) is 31.9. The van der Waals surface area contributed by atoms with Gasteiger partial charge in [0.15, 0.2) is 5.16 Å². The molecule has 2 aromatic rings. The minimum absolute atomic E-state index is 0.0448. The van der Waals surface area contributed by atoms with E-state index in [1.165, 1.54) is 12.1 Å². The highest BCUT2D eigenvalue weighted by Gasteiger charge is 2.27. The van der Waals surface area contributed by atoms with Gasteiger partial charge in [0.05, 0.1) is 16.0 Å². The summed E-state index contributed by atoms with van der Waals surface area (Å²) in [6, 6.07) is 4.60. The summed E-state index contributed by atoms with van der Waals surface area (Å²) in [5.41, 5.74) is 0.931. The summed E-state index contributed by atoms with van der Waals surface area (Å²) in [7, 11) is 0. The number of nitro groups is 1. The first-order valence-corrected chi connectivity index (χ1v) is 9.38. The number of fused-ring (bicyclic) bond motifs is 1. The van der Waals surface area contributed by atoms with Crippen molar-refractivity contribution in [1.82, 2.24) is 14.9 Å². The number of H-pyrrole nitrogens is 1. The molecule has 0 aliphatic carbocycles. The Labute approximate surface area is 155 Å². The predicted molar refractivity (Wildman–Crippen MR) is 99.4 cm³/mol. The number of piperidine rings is 1. The summed E-state index contributed by atoms with van der Waals surface area (Å²) >= 11 is 1.62. The minimum Gasteiger partial charge on any atom is -0.444 e. The number of carbonyl (C=O) groups excluding carboxylic acids is 1. The van der Waals surface area contributed by atoms with Crippen molar-refractivity contribution in [2.24, 2.45) is 0 Å². The largest absolute Gasteiger partial charge is 0.444 e. The molecule has 1 fully saturated rings. The zero-order valence-corrected chi connectivity index (χ0v) is 15.8. The van der Waals surface area contributed by atoms with Gasteiger partial charge in [0, 0.05) is 30.5 Å². The lowest BCUT2D eigenvalue weighted by atomic mass is 10.1. The lowest BCUT2D eigenvalue weighted by Gasteiger charge is -2.32. The molecule has 1 aromatic carbocycles. The standard InChI is InChI=1S/C17H22N4O4S/c1-17(2,3)25-16(22)20-8-6-12(7-9-20)26-15-18-13-5-4-11(21(23)24)10-14(13)19-15/h4-5,10,12H,6-9H2,1-3H3,(H,18,19). The van der Waals surface area contributed by atoms with Crippen molar-refractivity contribution in [2.45, 2.75) is 49.6 Å². The van der Waals surface area contributed by atoms with Crippen LogP contribution in [-0.2, 0) is 4.74 Å². The van der Waals surface area contributed by atoms with E-state index in [0.29, 0.717) is 29.4 Å². The van der Waals surface area contributed by atoms with Crippen LogP contribution in [0.1, 0.15) is 33.6 Å². The molecule has 0 atom stereocenters. The van der Waals surface area contributed by atoms with Crippen LogP contribution in [0, 0.1) is 10.1 Å². The molecule has 0 bridgehead atoms. The predicted octanol–water partition coefficient (Wildman–Crippen LogP) is 3.96. The topological polar surface area (TPSA) is 101 Å². The van der Waals surface area contributed by atoms with E-state index in [4.69, 9.17) is 4.74 Å². The van der Waals surface area contributed by atoms with Gasteiger partial charge in [-0.1, -0.05) is 11.8 Å². The van der Waals surface area contributed by atoms with Gasteiger partial charge in [-0.2, -0.15) is 0 Å². The van der Waals surface area contributed by atoms with E-state index in [9.17, 15) is 14.9 Å². The second-order valence-electron chi connectivity index (χ2n) is 7.29. The normalized spacial score (nSPS) is 16.0. The Morgan fingerprint density at radius 3 is 2.69 bits per heavy atom. The molecular formula is C17H22N4O4S. The summed E-state index contributed by atoms with van der Waals surface area (Å²) in [5.74, 6) is 0. The third-order valence-electron chi connectivity index (χ3n) is 4.03. The number of aromatic amines is 1. The van der Waals surface area contributed by atoms with E-state index < -0.39 is 10.5 Å². The van der Waals surface area contributed by atoms with Gasteiger partial charge in [0.2, 0.25) is 0 Å². The molecule has 1 saturated heterocycles. The SMILES string of the molecule is CC(C)(C)OC(=O)N1CCC(Sc2nc3ccc([N+](=O)[O-])cc3[nH]2)CC1. The first-order valence-electron chi connectivity index (χ1n) is 8.50. The molecule has 1 N–H and O–H groups in total. The zero-order chi connectivity index (χ0) is 18.9.